The lowest BCUT2D eigenvalue weighted by atomic mass is 9.38. The Morgan fingerprint density at radius 1 is 1.25 bits per heavy atom. The standard InChI is InChI=1S/C15H24O/c1-10-5-6-11-13(2,3)14(4)7-8-15(10,11)9-12(14)16/h5,11-12,16H,6-9H2,1-4H3/t11-,12-,14-,15+/m0/s1. The van der Waals surface area contributed by atoms with E-state index in [4.69, 9.17) is 0 Å². The van der Waals surface area contributed by atoms with Crippen LogP contribution in [0.25, 0.3) is 0 Å². The molecule has 0 aromatic carbocycles. The molecule has 4 atom stereocenters. The van der Waals surface area contributed by atoms with E-state index >= 15 is 0 Å². The van der Waals surface area contributed by atoms with E-state index in [9.17, 15) is 5.11 Å². The Hall–Kier alpha value is -0.300. The van der Waals surface area contributed by atoms with E-state index < -0.39 is 0 Å². The second-order valence-corrected chi connectivity index (χ2v) is 7.19. The Balaban J connectivity index is 2.14. The molecule has 4 rings (SSSR count). The Kier molecular flexibility index (Phi) is 1.86. The van der Waals surface area contributed by atoms with Gasteiger partial charge in [0, 0.05) is 0 Å². The first-order chi connectivity index (χ1) is 7.34. The molecule has 0 saturated heterocycles. The molecule has 0 radical (unpaired) electrons. The van der Waals surface area contributed by atoms with Crippen LogP contribution in [0.2, 0.25) is 0 Å². The van der Waals surface area contributed by atoms with Gasteiger partial charge < -0.3 is 5.11 Å². The molecule has 1 spiro atoms. The number of aliphatic hydroxyl groups is 1. The molecule has 4 aliphatic rings. The van der Waals surface area contributed by atoms with Gasteiger partial charge in [0.15, 0.2) is 0 Å². The summed E-state index contributed by atoms with van der Waals surface area (Å²) in [5, 5.41) is 10.5. The molecular formula is C15H24O. The highest BCUT2D eigenvalue weighted by Gasteiger charge is 2.67. The van der Waals surface area contributed by atoms with E-state index in [0.717, 1.165) is 12.3 Å². The van der Waals surface area contributed by atoms with Crippen LogP contribution in [0.5, 0.6) is 0 Å². The second kappa shape index (κ2) is 2.75. The monoisotopic (exact) mass is 220 g/mol. The van der Waals surface area contributed by atoms with Crippen molar-refractivity contribution in [3.63, 3.8) is 0 Å². The minimum atomic E-state index is -0.103. The molecule has 0 aliphatic heterocycles. The highest BCUT2D eigenvalue weighted by atomic mass is 16.3. The van der Waals surface area contributed by atoms with Crippen LogP contribution >= 0.6 is 0 Å². The number of hydrogen-bond acceptors (Lipinski definition) is 1. The predicted molar refractivity (Wildman–Crippen MR) is 66.0 cm³/mol. The zero-order chi connectivity index (χ0) is 11.8. The van der Waals surface area contributed by atoms with Crippen molar-refractivity contribution in [3.8, 4) is 0 Å². The third-order valence-electron chi connectivity index (χ3n) is 6.84. The van der Waals surface area contributed by atoms with Crippen LogP contribution in [0.4, 0.5) is 0 Å². The van der Waals surface area contributed by atoms with E-state index in [2.05, 4.69) is 33.8 Å². The van der Waals surface area contributed by atoms with Gasteiger partial charge in [0.05, 0.1) is 6.10 Å². The molecule has 0 amide bonds. The molecule has 90 valence electrons. The van der Waals surface area contributed by atoms with Crippen LogP contribution in [0.1, 0.15) is 53.4 Å². The first kappa shape index (κ1) is 10.8. The lowest BCUT2D eigenvalue weighted by molar-refractivity contribution is -0.206. The van der Waals surface area contributed by atoms with Crippen molar-refractivity contribution in [3.05, 3.63) is 11.6 Å². The van der Waals surface area contributed by atoms with Crippen LogP contribution in [-0.4, -0.2) is 11.2 Å². The average Bonchev–Trinajstić information content (AvgIpc) is 2.51. The van der Waals surface area contributed by atoms with Gasteiger partial charge in [0.2, 0.25) is 0 Å². The van der Waals surface area contributed by atoms with Gasteiger partial charge in [-0.25, -0.2) is 0 Å². The van der Waals surface area contributed by atoms with Crippen molar-refractivity contribution in [1.82, 2.24) is 0 Å². The lowest BCUT2D eigenvalue weighted by Crippen LogP contribution is -2.63. The van der Waals surface area contributed by atoms with Crippen LogP contribution in [-0.2, 0) is 0 Å². The van der Waals surface area contributed by atoms with Gasteiger partial charge in [0.25, 0.3) is 0 Å². The SMILES string of the molecule is CC1=CC[C@H]2C(C)(C)[C@@]3(C)CC[C@@]12C[C@@H]3O. The zero-order valence-electron chi connectivity index (χ0n) is 11.0. The molecule has 1 N–H and O–H groups in total. The summed E-state index contributed by atoms with van der Waals surface area (Å²) in [6, 6.07) is 0. The number of allylic oxidation sites excluding steroid dienone is 2. The maximum Gasteiger partial charge on any atom is 0.0607 e. The normalized spacial score (nSPS) is 53.7. The van der Waals surface area contributed by atoms with Gasteiger partial charge in [-0.05, 0) is 54.8 Å². The Bertz CT molecular complexity index is 368. The number of fused-ring (bicyclic) bond motifs is 2. The molecule has 0 aromatic heterocycles. The molecule has 16 heavy (non-hydrogen) atoms. The topological polar surface area (TPSA) is 20.2 Å². The van der Waals surface area contributed by atoms with Gasteiger partial charge in [0.1, 0.15) is 0 Å². The van der Waals surface area contributed by atoms with E-state index in [-0.39, 0.29) is 16.9 Å². The van der Waals surface area contributed by atoms with Crippen molar-refractivity contribution in [2.24, 2.45) is 22.2 Å². The predicted octanol–water partition coefficient (Wildman–Crippen LogP) is 3.53. The fourth-order valence-corrected chi connectivity index (χ4v) is 5.13. The average molecular weight is 220 g/mol. The first-order valence-electron chi connectivity index (χ1n) is 6.70. The summed E-state index contributed by atoms with van der Waals surface area (Å²) >= 11 is 0. The summed E-state index contributed by atoms with van der Waals surface area (Å²) < 4.78 is 0. The van der Waals surface area contributed by atoms with E-state index in [1.807, 2.05) is 0 Å². The van der Waals surface area contributed by atoms with Gasteiger partial charge in [-0.3, -0.25) is 0 Å². The summed E-state index contributed by atoms with van der Waals surface area (Å²) in [4.78, 5) is 0. The van der Waals surface area contributed by atoms with Crippen LogP contribution < -0.4 is 0 Å². The van der Waals surface area contributed by atoms with Gasteiger partial charge in [-0.1, -0.05) is 32.4 Å². The molecule has 0 aromatic rings. The van der Waals surface area contributed by atoms with Crippen LogP contribution in [0.15, 0.2) is 11.6 Å². The van der Waals surface area contributed by atoms with E-state index in [1.54, 1.807) is 5.57 Å². The number of aliphatic hydroxyl groups excluding tert-OH is 1. The second-order valence-electron chi connectivity index (χ2n) is 7.19. The molecule has 2 bridgehead atoms. The number of hydrogen-bond donors (Lipinski definition) is 1. The largest absolute Gasteiger partial charge is 0.393 e. The number of rotatable bonds is 0. The minimum absolute atomic E-state index is 0.103. The molecule has 1 nitrogen and oxygen atoms in total. The molecule has 3 saturated carbocycles. The first-order valence-corrected chi connectivity index (χ1v) is 6.70. The van der Waals surface area contributed by atoms with Crippen molar-refractivity contribution < 1.29 is 5.11 Å². The van der Waals surface area contributed by atoms with Crippen LogP contribution in [0, 0.1) is 22.2 Å². The minimum Gasteiger partial charge on any atom is -0.393 e. The van der Waals surface area contributed by atoms with E-state index in [1.165, 1.54) is 19.3 Å². The Labute approximate surface area is 98.9 Å². The molecule has 3 fully saturated rings. The summed E-state index contributed by atoms with van der Waals surface area (Å²) in [5.41, 5.74) is 2.32. The Morgan fingerprint density at radius 3 is 2.56 bits per heavy atom. The summed E-state index contributed by atoms with van der Waals surface area (Å²) in [5.74, 6) is 0.766. The van der Waals surface area contributed by atoms with Gasteiger partial charge in [-0.2, -0.15) is 0 Å². The molecule has 4 aliphatic carbocycles. The fourth-order valence-electron chi connectivity index (χ4n) is 5.13. The zero-order valence-corrected chi connectivity index (χ0v) is 11.0. The Morgan fingerprint density at radius 2 is 1.94 bits per heavy atom. The maximum absolute atomic E-state index is 10.5. The van der Waals surface area contributed by atoms with Crippen molar-refractivity contribution in [2.75, 3.05) is 0 Å². The molecular weight excluding hydrogens is 196 g/mol. The quantitative estimate of drug-likeness (QED) is 0.619. The third kappa shape index (κ3) is 0.895. The van der Waals surface area contributed by atoms with Gasteiger partial charge in [-0.15, -0.1) is 0 Å². The smallest absolute Gasteiger partial charge is 0.0607 e. The lowest BCUT2D eigenvalue weighted by Gasteiger charge is -2.67. The molecule has 1 heteroatoms. The molecule has 0 unspecified atom stereocenters. The van der Waals surface area contributed by atoms with Crippen LogP contribution in [0.3, 0.4) is 0 Å². The summed E-state index contributed by atoms with van der Waals surface area (Å²) in [6.07, 6.45) is 7.09. The summed E-state index contributed by atoms with van der Waals surface area (Å²) in [7, 11) is 0. The highest BCUT2D eigenvalue weighted by Crippen LogP contribution is 2.72. The van der Waals surface area contributed by atoms with Crippen molar-refractivity contribution >= 4 is 0 Å². The third-order valence-corrected chi connectivity index (χ3v) is 6.84. The maximum atomic E-state index is 10.5. The van der Waals surface area contributed by atoms with Crippen molar-refractivity contribution in [2.45, 2.75) is 59.5 Å². The molecule has 0 heterocycles. The fraction of sp³-hybridized carbons (Fsp3) is 0.867. The van der Waals surface area contributed by atoms with Gasteiger partial charge >= 0.3 is 0 Å². The summed E-state index contributed by atoms with van der Waals surface area (Å²) in [6.45, 7) is 9.38. The van der Waals surface area contributed by atoms with E-state index in [0.29, 0.717) is 5.41 Å². The highest BCUT2D eigenvalue weighted by molar-refractivity contribution is 5.30. The van der Waals surface area contributed by atoms with Crippen molar-refractivity contribution in [1.29, 1.82) is 0 Å².